The molecule has 0 fully saturated rings. The van der Waals surface area contributed by atoms with Gasteiger partial charge >= 0.3 is 0 Å². The first-order valence-corrected chi connectivity index (χ1v) is 11.7. The number of anilines is 2. The van der Waals surface area contributed by atoms with E-state index in [4.69, 9.17) is 9.47 Å². The molecule has 0 aliphatic carbocycles. The smallest absolute Gasteiger partial charge is 0.259 e. The number of rotatable bonds is 6. The molecule has 5 rings (SSSR count). The number of benzene rings is 3. The first kappa shape index (κ1) is 23.2. The van der Waals surface area contributed by atoms with Gasteiger partial charge in [0.05, 0.1) is 19.8 Å². The molecular weight excluding hydrogens is 454 g/mol. The van der Waals surface area contributed by atoms with Gasteiger partial charge in [0, 0.05) is 41.4 Å². The molecule has 1 unspecified atom stereocenters. The van der Waals surface area contributed by atoms with Gasteiger partial charge in [-0.2, -0.15) is 0 Å². The average molecular weight is 482 g/mol. The van der Waals surface area contributed by atoms with Crippen LogP contribution in [0.25, 0.3) is 0 Å². The number of methoxy groups -OCH3 is 2. The highest BCUT2D eigenvalue weighted by Crippen LogP contribution is 2.32. The van der Waals surface area contributed by atoms with E-state index in [2.05, 4.69) is 21.3 Å². The van der Waals surface area contributed by atoms with Crippen LogP contribution < -0.4 is 20.1 Å². The van der Waals surface area contributed by atoms with Crippen molar-refractivity contribution in [3.8, 4) is 11.5 Å². The predicted molar refractivity (Wildman–Crippen MR) is 139 cm³/mol. The maximum absolute atomic E-state index is 13.7. The fourth-order valence-electron chi connectivity index (χ4n) is 4.54. The van der Waals surface area contributed by atoms with Crippen molar-refractivity contribution in [2.24, 2.45) is 0 Å². The van der Waals surface area contributed by atoms with Gasteiger partial charge in [-0.1, -0.05) is 18.2 Å². The lowest BCUT2D eigenvalue weighted by Gasteiger charge is -2.19. The fraction of sp³-hybridized carbons (Fsp3) is 0.172. The van der Waals surface area contributed by atoms with Crippen LogP contribution in [-0.4, -0.2) is 30.5 Å². The molecule has 7 nitrogen and oxygen atoms in total. The number of carbonyl (C=O) groups is 2. The van der Waals surface area contributed by atoms with Crippen LogP contribution in [0.4, 0.5) is 11.4 Å². The normalized spacial score (nSPS) is 14.0. The van der Waals surface area contributed by atoms with Crippen LogP contribution in [0.5, 0.6) is 11.5 Å². The molecule has 0 saturated heterocycles. The molecule has 1 aliphatic heterocycles. The van der Waals surface area contributed by atoms with E-state index in [1.54, 1.807) is 37.4 Å². The molecule has 1 amide bonds. The van der Waals surface area contributed by atoms with Crippen molar-refractivity contribution in [3.05, 3.63) is 107 Å². The fourth-order valence-corrected chi connectivity index (χ4v) is 4.54. The summed E-state index contributed by atoms with van der Waals surface area (Å²) in [6, 6.07) is 21.8. The summed E-state index contributed by atoms with van der Waals surface area (Å²) in [6.45, 7) is 2.57. The molecule has 0 saturated carbocycles. The summed E-state index contributed by atoms with van der Waals surface area (Å²) in [7, 11) is 3.06. The molecule has 0 radical (unpaired) electrons. The molecule has 4 aromatic rings. The van der Waals surface area contributed by atoms with Gasteiger partial charge in [0.2, 0.25) is 0 Å². The van der Waals surface area contributed by atoms with Crippen molar-refractivity contribution in [2.45, 2.75) is 19.5 Å². The van der Waals surface area contributed by atoms with Crippen LogP contribution in [0.15, 0.2) is 79.0 Å². The molecule has 2 heterocycles. The third kappa shape index (κ3) is 4.31. The quantitative estimate of drug-likeness (QED) is 0.357. The van der Waals surface area contributed by atoms with Crippen molar-refractivity contribution in [1.82, 2.24) is 4.57 Å². The Labute approximate surface area is 209 Å². The maximum Gasteiger partial charge on any atom is 0.259 e. The van der Waals surface area contributed by atoms with Crippen molar-refractivity contribution < 1.29 is 19.1 Å². The van der Waals surface area contributed by atoms with Crippen molar-refractivity contribution >= 4 is 23.1 Å². The number of ketones is 1. The number of para-hydroxylation sites is 1. The number of aromatic nitrogens is 1. The van der Waals surface area contributed by atoms with Gasteiger partial charge in [-0.05, 0) is 66.6 Å². The summed E-state index contributed by atoms with van der Waals surface area (Å²) in [5.74, 6) is 0.670. The van der Waals surface area contributed by atoms with E-state index in [-0.39, 0.29) is 11.7 Å². The lowest BCUT2D eigenvalue weighted by atomic mass is 9.98. The SMILES string of the molecule is COc1ccc(C(=O)Nc2ccc(C(=O)C3Nc4ccccc4Cn4cccc43)cc2C)c(OC)c1. The largest absolute Gasteiger partial charge is 0.497 e. The van der Waals surface area contributed by atoms with Crippen LogP contribution >= 0.6 is 0 Å². The summed E-state index contributed by atoms with van der Waals surface area (Å²) < 4.78 is 12.7. The molecule has 1 aromatic heterocycles. The number of fused-ring (bicyclic) bond motifs is 2. The lowest BCUT2D eigenvalue weighted by Crippen LogP contribution is -2.22. The number of nitrogens with one attached hydrogen (secondary N) is 2. The third-order valence-electron chi connectivity index (χ3n) is 6.49. The average Bonchev–Trinajstić information content (AvgIpc) is 3.29. The van der Waals surface area contributed by atoms with Crippen LogP contribution in [0.3, 0.4) is 0 Å². The highest BCUT2D eigenvalue weighted by molar-refractivity contribution is 6.07. The zero-order valence-electron chi connectivity index (χ0n) is 20.4. The van der Waals surface area contributed by atoms with E-state index in [0.717, 1.165) is 22.5 Å². The van der Waals surface area contributed by atoms with Crippen LogP contribution in [0.2, 0.25) is 0 Å². The lowest BCUT2D eigenvalue weighted by molar-refractivity contribution is 0.0966. The van der Waals surface area contributed by atoms with Crippen molar-refractivity contribution in [2.75, 3.05) is 24.9 Å². The number of amides is 1. The second-order valence-corrected chi connectivity index (χ2v) is 8.71. The van der Waals surface area contributed by atoms with Crippen molar-refractivity contribution in [1.29, 1.82) is 0 Å². The van der Waals surface area contributed by atoms with E-state index in [1.165, 1.54) is 7.11 Å². The standard InChI is InChI=1S/C29H27N3O4/c1-18-15-19(10-13-23(18)31-29(34)22-12-11-21(35-2)16-26(22)36-3)28(33)27-25-9-6-14-32(25)17-20-7-4-5-8-24(20)30-27/h4-16,27,30H,17H2,1-3H3,(H,31,34). The molecule has 1 aliphatic rings. The summed E-state index contributed by atoms with van der Waals surface area (Å²) in [5, 5.41) is 6.37. The van der Waals surface area contributed by atoms with Gasteiger partial charge in [0.25, 0.3) is 5.91 Å². The summed E-state index contributed by atoms with van der Waals surface area (Å²) >= 11 is 0. The van der Waals surface area contributed by atoms with E-state index in [0.29, 0.717) is 34.9 Å². The first-order chi connectivity index (χ1) is 17.5. The van der Waals surface area contributed by atoms with Gasteiger partial charge in [-0.25, -0.2) is 0 Å². The Morgan fingerprint density at radius 2 is 1.81 bits per heavy atom. The van der Waals surface area contributed by atoms with Crippen LogP contribution in [0, 0.1) is 6.92 Å². The molecule has 182 valence electrons. The molecule has 0 spiro atoms. The number of aryl methyl sites for hydroxylation is 1. The number of Topliss-reactive ketones (excluding diaryl/α,β-unsaturated/α-hetero) is 1. The second kappa shape index (κ2) is 9.62. The van der Waals surface area contributed by atoms with Gasteiger partial charge in [-0.15, -0.1) is 0 Å². The van der Waals surface area contributed by atoms with Crippen molar-refractivity contribution in [3.63, 3.8) is 0 Å². The first-order valence-electron chi connectivity index (χ1n) is 11.7. The Balaban J connectivity index is 1.40. The Hall–Kier alpha value is -4.52. The number of ether oxygens (including phenoxy) is 2. The van der Waals surface area contributed by atoms with E-state index in [9.17, 15) is 9.59 Å². The summed E-state index contributed by atoms with van der Waals surface area (Å²) in [5.41, 5.74) is 5.36. The number of nitrogens with zero attached hydrogens (tertiary/aromatic N) is 1. The zero-order chi connectivity index (χ0) is 25.2. The minimum absolute atomic E-state index is 0.0375. The number of carbonyl (C=O) groups excluding carboxylic acids is 2. The molecular formula is C29H27N3O4. The molecule has 0 bridgehead atoms. The van der Waals surface area contributed by atoms with Gasteiger partial charge < -0.3 is 24.7 Å². The molecule has 3 aromatic carbocycles. The third-order valence-corrected chi connectivity index (χ3v) is 6.49. The maximum atomic E-state index is 13.7. The predicted octanol–water partition coefficient (Wildman–Crippen LogP) is 5.46. The van der Waals surface area contributed by atoms with Gasteiger partial charge in [0.15, 0.2) is 5.78 Å². The van der Waals surface area contributed by atoms with Crippen LogP contribution in [0.1, 0.15) is 43.6 Å². The van der Waals surface area contributed by atoms with E-state index in [1.807, 2.05) is 49.5 Å². The van der Waals surface area contributed by atoms with Crippen LogP contribution in [-0.2, 0) is 6.54 Å². The number of hydrogen-bond donors (Lipinski definition) is 2. The summed E-state index contributed by atoms with van der Waals surface area (Å²) in [6.07, 6.45) is 2.00. The topological polar surface area (TPSA) is 81.6 Å². The molecule has 36 heavy (non-hydrogen) atoms. The minimum Gasteiger partial charge on any atom is -0.497 e. The monoisotopic (exact) mass is 481 g/mol. The number of hydrogen-bond acceptors (Lipinski definition) is 5. The van der Waals surface area contributed by atoms with E-state index < -0.39 is 6.04 Å². The van der Waals surface area contributed by atoms with Gasteiger partial charge in [0.1, 0.15) is 17.5 Å². The Kier molecular flexibility index (Phi) is 6.21. The molecule has 1 atom stereocenters. The highest BCUT2D eigenvalue weighted by Gasteiger charge is 2.28. The zero-order valence-corrected chi connectivity index (χ0v) is 20.4. The minimum atomic E-state index is -0.521. The highest BCUT2D eigenvalue weighted by atomic mass is 16.5. The Bertz CT molecular complexity index is 1460. The Morgan fingerprint density at radius 3 is 2.58 bits per heavy atom. The molecule has 2 N–H and O–H groups in total. The second-order valence-electron chi connectivity index (χ2n) is 8.71. The van der Waals surface area contributed by atoms with E-state index >= 15 is 0 Å². The van der Waals surface area contributed by atoms with Gasteiger partial charge in [-0.3, -0.25) is 9.59 Å². The summed E-state index contributed by atoms with van der Waals surface area (Å²) in [4.78, 5) is 26.6. The molecule has 7 heteroatoms. The Morgan fingerprint density at radius 1 is 0.972 bits per heavy atom.